The maximum atomic E-state index is 12.1. The van der Waals surface area contributed by atoms with Crippen molar-refractivity contribution in [1.82, 2.24) is 9.13 Å². The van der Waals surface area contributed by atoms with Crippen molar-refractivity contribution >= 4 is 17.0 Å². The second-order valence-corrected chi connectivity index (χ2v) is 5.66. The van der Waals surface area contributed by atoms with Crippen molar-refractivity contribution in [1.29, 1.82) is 0 Å². The molecule has 2 aromatic rings. The molecule has 0 aliphatic heterocycles. The summed E-state index contributed by atoms with van der Waals surface area (Å²) in [5, 5.41) is 9.15. The summed E-state index contributed by atoms with van der Waals surface area (Å²) in [5.74, 6) is -0.337. The van der Waals surface area contributed by atoms with Gasteiger partial charge >= 0.3 is 11.7 Å². The molecule has 1 fully saturated rings. The monoisotopic (exact) mass is 274 g/mol. The van der Waals surface area contributed by atoms with Crippen molar-refractivity contribution in [3.8, 4) is 0 Å². The fourth-order valence-electron chi connectivity index (χ4n) is 3.12. The highest BCUT2D eigenvalue weighted by Gasteiger charge is 2.35. The van der Waals surface area contributed by atoms with Crippen LogP contribution in [-0.2, 0) is 18.9 Å². The Hall–Kier alpha value is -2.04. The summed E-state index contributed by atoms with van der Waals surface area (Å²) in [4.78, 5) is 23.2. The number of aryl methyl sites for hydroxylation is 2. The number of benzene rings is 1. The second-order valence-electron chi connectivity index (χ2n) is 5.66. The van der Waals surface area contributed by atoms with Crippen LogP contribution in [0.15, 0.2) is 23.0 Å². The Labute approximate surface area is 116 Å². The van der Waals surface area contributed by atoms with Gasteiger partial charge in [-0.15, -0.1) is 0 Å². The summed E-state index contributed by atoms with van der Waals surface area (Å²) in [6, 6.07) is 5.78. The average Bonchev–Trinajstić information content (AvgIpc) is 3.22. The number of hydrogen-bond acceptors (Lipinski definition) is 2. The molecule has 5 nitrogen and oxygen atoms in total. The van der Waals surface area contributed by atoms with Crippen LogP contribution in [0.3, 0.4) is 0 Å². The molecule has 1 saturated carbocycles. The van der Waals surface area contributed by atoms with Crippen LogP contribution in [0.1, 0.15) is 30.7 Å². The van der Waals surface area contributed by atoms with Gasteiger partial charge in [-0.2, -0.15) is 0 Å². The first kappa shape index (κ1) is 13.0. The summed E-state index contributed by atoms with van der Waals surface area (Å²) in [6.07, 6.45) is 2.29. The molecule has 3 rings (SSSR count). The van der Waals surface area contributed by atoms with Crippen LogP contribution in [-0.4, -0.2) is 20.2 Å². The zero-order valence-corrected chi connectivity index (χ0v) is 11.7. The Bertz CT molecular complexity index is 737. The molecule has 1 aromatic carbocycles. The third kappa shape index (κ3) is 1.94. The van der Waals surface area contributed by atoms with E-state index in [2.05, 4.69) is 0 Å². The van der Waals surface area contributed by atoms with Crippen LogP contribution >= 0.6 is 0 Å². The van der Waals surface area contributed by atoms with Gasteiger partial charge in [-0.3, -0.25) is 13.9 Å². The van der Waals surface area contributed by atoms with E-state index in [1.807, 2.05) is 18.2 Å². The van der Waals surface area contributed by atoms with Gasteiger partial charge in [0.1, 0.15) is 0 Å². The number of rotatable bonds is 4. The van der Waals surface area contributed by atoms with Crippen molar-refractivity contribution in [2.45, 2.75) is 25.2 Å². The van der Waals surface area contributed by atoms with Crippen molar-refractivity contribution in [3.63, 3.8) is 0 Å². The van der Waals surface area contributed by atoms with Gasteiger partial charge in [-0.1, -0.05) is 12.1 Å². The lowest BCUT2D eigenvalue weighted by atomic mass is 9.90. The molecule has 0 radical (unpaired) electrons. The first-order chi connectivity index (χ1) is 9.50. The van der Waals surface area contributed by atoms with Crippen molar-refractivity contribution in [2.24, 2.45) is 20.0 Å². The largest absolute Gasteiger partial charge is 0.481 e. The molecule has 20 heavy (non-hydrogen) atoms. The van der Waals surface area contributed by atoms with E-state index in [0.29, 0.717) is 5.92 Å². The lowest BCUT2D eigenvalue weighted by Gasteiger charge is -2.16. The number of fused-ring (bicyclic) bond motifs is 1. The van der Waals surface area contributed by atoms with Crippen molar-refractivity contribution in [3.05, 3.63) is 34.2 Å². The second kappa shape index (κ2) is 4.51. The molecule has 1 atom stereocenters. The Kier molecular flexibility index (Phi) is 2.92. The predicted octanol–water partition coefficient (Wildman–Crippen LogP) is 1.85. The summed E-state index contributed by atoms with van der Waals surface area (Å²) >= 11 is 0. The molecular weight excluding hydrogens is 256 g/mol. The van der Waals surface area contributed by atoms with E-state index in [0.717, 1.165) is 29.4 Å². The predicted molar refractivity (Wildman–Crippen MR) is 75.9 cm³/mol. The number of carboxylic acids is 1. The van der Waals surface area contributed by atoms with E-state index in [4.69, 9.17) is 5.11 Å². The number of imidazole rings is 1. The molecule has 0 bridgehead atoms. The zero-order valence-electron chi connectivity index (χ0n) is 11.7. The molecule has 1 aliphatic carbocycles. The first-order valence-corrected chi connectivity index (χ1v) is 6.87. The molecule has 1 heterocycles. The van der Waals surface area contributed by atoms with Crippen LogP contribution in [0.2, 0.25) is 0 Å². The Morgan fingerprint density at radius 2 is 2.05 bits per heavy atom. The highest BCUT2D eigenvalue weighted by Crippen LogP contribution is 2.46. The molecule has 1 aliphatic rings. The third-order valence-corrected chi connectivity index (χ3v) is 4.30. The smallest absolute Gasteiger partial charge is 0.328 e. The number of hydrogen-bond donors (Lipinski definition) is 1. The topological polar surface area (TPSA) is 64.2 Å². The van der Waals surface area contributed by atoms with Gasteiger partial charge in [0.25, 0.3) is 0 Å². The standard InChI is InChI=1S/C15H18N2O3/c1-16-12-5-3-4-10(14(12)17(2)15(16)20)11(8-13(18)19)9-6-7-9/h3-5,9,11H,6-8H2,1-2H3,(H,18,19). The van der Waals surface area contributed by atoms with Gasteiger partial charge in [-0.25, -0.2) is 4.79 Å². The molecule has 1 aromatic heterocycles. The minimum absolute atomic E-state index is 0.00389. The normalized spacial score (nSPS) is 16.5. The summed E-state index contributed by atoms with van der Waals surface area (Å²) < 4.78 is 3.24. The van der Waals surface area contributed by atoms with Gasteiger partial charge in [0.15, 0.2) is 0 Å². The molecule has 1 unspecified atom stereocenters. The van der Waals surface area contributed by atoms with E-state index in [9.17, 15) is 9.59 Å². The first-order valence-electron chi connectivity index (χ1n) is 6.87. The average molecular weight is 274 g/mol. The quantitative estimate of drug-likeness (QED) is 0.925. The molecule has 0 spiro atoms. The van der Waals surface area contributed by atoms with Gasteiger partial charge in [0.05, 0.1) is 17.5 Å². The molecule has 106 valence electrons. The fourth-order valence-corrected chi connectivity index (χ4v) is 3.12. The summed E-state index contributed by atoms with van der Waals surface area (Å²) in [6.45, 7) is 0. The Morgan fingerprint density at radius 3 is 2.65 bits per heavy atom. The molecule has 0 amide bonds. The number of nitrogens with zero attached hydrogens (tertiary/aromatic N) is 2. The lowest BCUT2D eigenvalue weighted by molar-refractivity contribution is -0.137. The number of para-hydroxylation sites is 1. The van der Waals surface area contributed by atoms with E-state index >= 15 is 0 Å². The van der Waals surface area contributed by atoms with E-state index < -0.39 is 5.97 Å². The highest BCUT2D eigenvalue weighted by atomic mass is 16.4. The molecule has 1 N–H and O–H groups in total. The Morgan fingerprint density at radius 1 is 1.35 bits per heavy atom. The van der Waals surface area contributed by atoms with Crippen LogP contribution in [0, 0.1) is 5.92 Å². The van der Waals surface area contributed by atoms with Gasteiger partial charge in [0.2, 0.25) is 0 Å². The van der Waals surface area contributed by atoms with Gasteiger partial charge < -0.3 is 5.11 Å². The molecule has 5 heteroatoms. The minimum Gasteiger partial charge on any atom is -0.481 e. The zero-order chi connectivity index (χ0) is 14.4. The SMILES string of the molecule is Cn1c(=O)n(C)c2c(C(CC(=O)O)C3CC3)cccc21. The Balaban J connectivity index is 2.22. The fraction of sp³-hybridized carbons (Fsp3) is 0.467. The van der Waals surface area contributed by atoms with Crippen LogP contribution in [0.25, 0.3) is 11.0 Å². The lowest BCUT2D eigenvalue weighted by Crippen LogP contribution is -2.19. The third-order valence-electron chi connectivity index (χ3n) is 4.30. The summed E-state index contributed by atoms with van der Waals surface area (Å²) in [7, 11) is 3.50. The maximum Gasteiger partial charge on any atom is 0.328 e. The maximum absolute atomic E-state index is 12.1. The van der Waals surface area contributed by atoms with Crippen molar-refractivity contribution in [2.75, 3.05) is 0 Å². The van der Waals surface area contributed by atoms with Gasteiger partial charge in [-0.05, 0) is 36.3 Å². The number of carbonyl (C=O) groups is 1. The van der Waals surface area contributed by atoms with E-state index in [1.54, 1.807) is 23.2 Å². The number of aliphatic carboxylic acids is 1. The highest BCUT2D eigenvalue weighted by molar-refractivity contribution is 5.81. The number of carboxylic acid groups (broad SMARTS) is 1. The van der Waals surface area contributed by atoms with E-state index in [1.165, 1.54) is 0 Å². The number of aromatic nitrogens is 2. The van der Waals surface area contributed by atoms with Crippen LogP contribution in [0.4, 0.5) is 0 Å². The van der Waals surface area contributed by atoms with Gasteiger partial charge in [0, 0.05) is 14.1 Å². The van der Waals surface area contributed by atoms with Crippen LogP contribution in [0.5, 0.6) is 0 Å². The van der Waals surface area contributed by atoms with E-state index in [-0.39, 0.29) is 18.0 Å². The van der Waals surface area contributed by atoms with Crippen molar-refractivity contribution < 1.29 is 9.90 Å². The minimum atomic E-state index is -0.778. The summed E-state index contributed by atoms with van der Waals surface area (Å²) in [5.41, 5.74) is 2.66. The molecular formula is C15H18N2O3. The van der Waals surface area contributed by atoms with Crippen LogP contribution < -0.4 is 5.69 Å². The molecule has 0 saturated heterocycles.